The van der Waals surface area contributed by atoms with E-state index < -0.39 is 5.69 Å². The summed E-state index contributed by atoms with van der Waals surface area (Å²) in [5, 5.41) is 0. The van der Waals surface area contributed by atoms with Gasteiger partial charge in [-0.15, -0.1) is 0 Å². The highest BCUT2D eigenvalue weighted by Gasteiger charge is 2.22. The van der Waals surface area contributed by atoms with Crippen LogP contribution in [0.25, 0.3) is 5.57 Å². The fourth-order valence-corrected chi connectivity index (χ4v) is 3.87. The van der Waals surface area contributed by atoms with Crippen LogP contribution in [0.4, 0.5) is 0 Å². The third-order valence-electron chi connectivity index (χ3n) is 5.40. The molecule has 142 valence electrons. The summed E-state index contributed by atoms with van der Waals surface area (Å²) in [5.41, 5.74) is 5.19. The molecule has 5 nitrogen and oxygen atoms in total. The molecule has 2 heterocycles. The molecule has 0 spiro atoms. The number of aryl methyl sites for hydroxylation is 1. The number of hydrogen-bond donors (Lipinski definition) is 2. The molecule has 1 aliphatic rings. The minimum absolute atomic E-state index is 0.135. The smallest absolute Gasteiger partial charge is 0.311 e. The van der Waals surface area contributed by atoms with Crippen LogP contribution in [0.1, 0.15) is 53.3 Å². The molecule has 1 aromatic carbocycles. The Morgan fingerprint density at radius 3 is 2.57 bits per heavy atom. The molecular weight excluding hydrogens is 350 g/mol. The van der Waals surface area contributed by atoms with Crippen molar-refractivity contribution in [1.82, 2.24) is 15.0 Å². The van der Waals surface area contributed by atoms with E-state index in [9.17, 15) is 9.59 Å². The van der Waals surface area contributed by atoms with Crippen molar-refractivity contribution in [2.45, 2.75) is 38.5 Å². The molecule has 0 fully saturated rings. The Labute approximate surface area is 163 Å². The van der Waals surface area contributed by atoms with E-state index in [1.54, 1.807) is 0 Å². The molecule has 2 N–H and O–H groups in total. The second kappa shape index (κ2) is 7.80. The quantitative estimate of drug-likeness (QED) is 0.732. The van der Waals surface area contributed by atoms with Crippen molar-refractivity contribution < 1.29 is 0 Å². The molecule has 1 unspecified atom stereocenters. The Bertz CT molecular complexity index is 1110. The molecule has 1 atom stereocenters. The molecule has 2 aromatic heterocycles. The number of nitrogens with zero attached hydrogens (tertiary/aromatic N) is 1. The van der Waals surface area contributed by atoms with Crippen LogP contribution in [0.2, 0.25) is 0 Å². The normalized spacial score (nSPS) is 16.6. The Hall–Kier alpha value is -3.21. The van der Waals surface area contributed by atoms with Gasteiger partial charge < -0.3 is 4.98 Å². The molecule has 0 bridgehead atoms. The fraction of sp³-hybridized carbons (Fsp3) is 0.261. The first-order chi connectivity index (χ1) is 13.6. The van der Waals surface area contributed by atoms with Crippen LogP contribution >= 0.6 is 0 Å². The maximum absolute atomic E-state index is 12.5. The molecule has 0 aliphatic heterocycles. The second-order valence-corrected chi connectivity index (χ2v) is 7.35. The third kappa shape index (κ3) is 3.88. The first kappa shape index (κ1) is 18.2. The van der Waals surface area contributed by atoms with Gasteiger partial charge in [0.1, 0.15) is 0 Å². The van der Waals surface area contributed by atoms with Gasteiger partial charge >= 0.3 is 5.69 Å². The van der Waals surface area contributed by atoms with Crippen LogP contribution in [0.5, 0.6) is 0 Å². The first-order valence-electron chi connectivity index (χ1n) is 9.61. The standard InChI is InChI=1S/C23H23N3O2/c1-15-7-8-19(14-24-15)17-9-11-18(12-10-17)21-20(22(27)26-23(28)25-21)13-16-5-3-2-4-6-16/h2-9,14,18H,10-13H2,1H3,(H2,25,26,27,28). The number of benzene rings is 1. The zero-order chi connectivity index (χ0) is 19.5. The third-order valence-corrected chi connectivity index (χ3v) is 5.40. The number of pyridine rings is 1. The molecule has 0 saturated heterocycles. The van der Waals surface area contributed by atoms with Crippen molar-refractivity contribution in [3.63, 3.8) is 0 Å². The summed E-state index contributed by atoms with van der Waals surface area (Å²) in [5.74, 6) is 0.135. The molecule has 3 aromatic rings. The lowest BCUT2D eigenvalue weighted by Crippen LogP contribution is -2.29. The Kier molecular flexibility index (Phi) is 5.06. The lowest BCUT2D eigenvalue weighted by Gasteiger charge is -2.24. The number of aromatic nitrogens is 3. The highest BCUT2D eigenvalue weighted by atomic mass is 16.2. The van der Waals surface area contributed by atoms with Crippen molar-refractivity contribution >= 4 is 5.57 Å². The molecule has 4 rings (SSSR count). The Morgan fingerprint density at radius 2 is 1.89 bits per heavy atom. The van der Waals surface area contributed by atoms with E-state index in [2.05, 4.69) is 27.1 Å². The van der Waals surface area contributed by atoms with Crippen molar-refractivity contribution in [2.24, 2.45) is 0 Å². The van der Waals surface area contributed by atoms with Crippen LogP contribution in [0.15, 0.2) is 64.3 Å². The summed E-state index contributed by atoms with van der Waals surface area (Å²) in [7, 11) is 0. The van der Waals surface area contributed by atoms with Gasteiger partial charge in [0.05, 0.1) is 0 Å². The number of hydrogen-bond acceptors (Lipinski definition) is 3. The summed E-state index contributed by atoms with van der Waals surface area (Å²) in [6, 6.07) is 14.0. The lowest BCUT2D eigenvalue weighted by molar-refractivity contribution is 0.596. The van der Waals surface area contributed by atoms with Crippen molar-refractivity contribution in [3.8, 4) is 0 Å². The van der Waals surface area contributed by atoms with Gasteiger partial charge in [0.2, 0.25) is 0 Å². The van der Waals surface area contributed by atoms with Crippen LogP contribution in [0.3, 0.4) is 0 Å². The van der Waals surface area contributed by atoms with Crippen molar-refractivity contribution in [1.29, 1.82) is 0 Å². The minimum Gasteiger partial charge on any atom is -0.311 e. The highest BCUT2D eigenvalue weighted by molar-refractivity contribution is 5.66. The summed E-state index contributed by atoms with van der Waals surface area (Å²) >= 11 is 0. The lowest BCUT2D eigenvalue weighted by atomic mass is 9.83. The number of H-pyrrole nitrogens is 2. The monoisotopic (exact) mass is 373 g/mol. The van der Waals surface area contributed by atoms with E-state index in [0.717, 1.165) is 41.8 Å². The Balaban J connectivity index is 1.63. The fourth-order valence-electron chi connectivity index (χ4n) is 3.87. The number of rotatable bonds is 4. The predicted octanol–water partition coefficient (Wildman–Crippen LogP) is 3.71. The zero-order valence-corrected chi connectivity index (χ0v) is 15.9. The summed E-state index contributed by atoms with van der Waals surface area (Å²) < 4.78 is 0. The average molecular weight is 373 g/mol. The molecule has 0 saturated carbocycles. The van der Waals surface area contributed by atoms with Gasteiger partial charge in [-0.3, -0.25) is 14.8 Å². The zero-order valence-electron chi connectivity index (χ0n) is 15.9. The number of aromatic amines is 2. The minimum atomic E-state index is -0.436. The maximum atomic E-state index is 12.5. The predicted molar refractivity (Wildman–Crippen MR) is 110 cm³/mol. The van der Waals surface area contributed by atoms with Crippen LogP contribution < -0.4 is 11.2 Å². The molecule has 28 heavy (non-hydrogen) atoms. The van der Waals surface area contributed by atoms with Gasteiger partial charge in [0.25, 0.3) is 5.56 Å². The van der Waals surface area contributed by atoms with Gasteiger partial charge in [-0.25, -0.2) is 4.79 Å². The maximum Gasteiger partial charge on any atom is 0.325 e. The molecule has 0 amide bonds. The van der Waals surface area contributed by atoms with E-state index in [-0.39, 0.29) is 11.5 Å². The van der Waals surface area contributed by atoms with Gasteiger partial charge in [0, 0.05) is 35.5 Å². The van der Waals surface area contributed by atoms with Crippen LogP contribution in [-0.4, -0.2) is 15.0 Å². The summed E-state index contributed by atoms with van der Waals surface area (Å²) in [4.78, 5) is 34.2. The van der Waals surface area contributed by atoms with E-state index in [1.165, 1.54) is 5.57 Å². The molecular formula is C23H23N3O2. The van der Waals surface area contributed by atoms with E-state index >= 15 is 0 Å². The largest absolute Gasteiger partial charge is 0.325 e. The van der Waals surface area contributed by atoms with Crippen LogP contribution in [-0.2, 0) is 6.42 Å². The van der Waals surface area contributed by atoms with E-state index in [0.29, 0.717) is 12.0 Å². The number of allylic oxidation sites excluding steroid dienone is 2. The summed E-state index contributed by atoms with van der Waals surface area (Å²) in [6.07, 6.45) is 7.22. The highest BCUT2D eigenvalue weighted by Crippen LogP contribution is 2.35. The number of nitrogens with one attached hydrogen (secondary N) is 2. The van der Waals surface area contributed by atoms with Gasteiger partial charge in [-0.1, -0.05) is 42.5 Å². The van der Waals surface area contributed by atoms with Gasteiger partial charge in [-0.2, -0.15) is 0 Å². The van der Waals surface area contributed by atoms with E-state index in [1.807, 2.05) is 49.5 Å². The van der Waals surface area contributed by atoms with E-state index in [4.69, 9.17) is 0 Å². The SMILES string of the molecule is Cc1ccc(C2=CCC(c3[nH]c(=O)[nH]c(=O)c3Cc3ccccc3)CC2)cn1. The molecule has 0 radical (unpaired) electrons. The second-order valence-electron chi connectivity index (χ2n) is 7.35. The van der Waals surface area contributed by atoms with Crippen molar-refractivity contribution in [3.05, 3.63) is 104 Å². The van der Waals surface area contributed by atoms with Gasteiger partial charge in [-0.05, 0) is 49.0 Å². The van der Waals surface area contributed by atoms with Crippen LogP contribution in [0, 0.1) is 6.92 Å². The first-order valence-corrected chi connectivity index (χ1v) is 9.61. The average Bonchev–Trinajstić information content (AvgIpc) is 2.71. The van der Waals surface area contributed by atoms with Gasteiger partial charge in [0.15, 0.2) is 0 Å². The Morgan fingerprint density at radius 1 is 1.07 bits per heavy atom. The van der Waals surface area contributed by atoms with Crippen molar-refractivity contribution in [2.75, 3.05) is 0 Å². The topological polar surface area (TPSA) is 78.6 Å². The molecule has 1 aliphatic carbocycles. The summed E-state index contributed by atoms with van der Waals surface area (Å²) in [6.45, 7) is 1.98. The molecule has 5 heteroatoms.